The summed E-state index contributed by atoms with van der Waals surface area (Å²) in [6.45, 7) is 2.81. The summed E-state index contributed by atoms with van der Waals surface area (Å²) >= 11 is 1.64. The normalized spacial score (nSPS) is 11.2. The number of fused-ring (bicyclic) bond motifs is 1. The third-order valence-corrected chi connectivity index (χ3v) is 5.26. The minimum Gasteiger partial charge on any atom is -0.299 e. The molecule has 0 radical (unpaired) electrons. The van der Waals surface area contributed by atoms with Gasteiger partial charge in [0, 0.05) is 11.9 Å². The van der Waals surface area contributed by atoms with E-state index in [4.69, 9.17) is 4.98 Å². The summed E-state index contributed by atoms with van der Waals surface area (Å²) in [5, 5.41) is 0.920. The second kappa shape index (κ2) is 7.30. The summed E-state index contributed by atoms with van der Waals surface area (Å²) in [6.07, 6.45) is 1.80. The average molecular weight is 363 g/mol. The lowest BCUT2D eigenvalue weighted by Gasteiger charge is -2.09. The Balaban J connectivity index is 1.64. The van der Waals surface area contributed by atoms with Crippen molar-refractivity contribution in [3.05, 3.63) is 89.4 Å². The van der Waals surface area contributed by atoms with Gasteiger partial charge in [0.15, 0.2) is 10.8 Å². The van der Waals surface area contributed by atoms with Crippen LogP contribution in [-0.4, -0.2) is 14.5 Å². The topological polar surface area (TPSA) is 30.7 Å². The van der Waals surface area contributed by atoms with Gasteiger partial charge in [0.2, 0.25) is 0 Å². The van der Waals surface area contributed by atoms with Crippen LogP contribution in [0.5, 0.6) is 0 Å². The molecule has 0 fully saturated rings. The number of benzene rings is 2. The smallest absolute Gasteiger partial charge is 0.170 e. The predicted octanol–water partition coefficient (Wildman–Crippen LogP) is 5.22. The number of halogens is 1. The van der Waals surface area contributed by atoms with Crippen molar-refractivity contribution in [2.45, 2.75) is 24.4 Å². The highest BCUT2D eigenvalue weighted by Gasteiger charge is 2.13. The number of hydrogen-bond acceptors (Lipinski definition) is 3. The van der Waals surface area contributed by atoms with Gasteiger partial charge in [0.25, 0.3) is 0 Å². The number of aryl methyl sites for hydroxylation is 1. The van der Waals surface area contributed by atoms with Gasteiger partial charge in [-0.25, -0.2) is 14.4 Å². The molecule has 0 N–H and O–H groups in total. The fraction of sp³-hybridized carbons (Fsp3) is 0.143. The lowest BCUT2D eigenvalue weighted by Crippen LogP contribution is -2.02. The molecule has 2 aromatic heterocycles. The van der Waals surface area contributed by atoms with Gasteiger partial charge in [-0.3, -0.25) is 4.57 Å². The highest BCUT2D eigenvalue weighted by molar-refractivity contribution is 7.98. The molecule has 0 aliphatic rings. The molecule has 2 aromatic carbocycles. The number of rotatable bonds is 5. The van der Waals surface area contributed by atoms with Crippen molar-refractivity contribution in [1.29, 1.82) is 0 Å². The second-order valence-electron chi connectivity index (χ2n) is 6.23. The maximum Gasteiger partial charge on any atom is 0.170 e. The first kappa shape index (κ1) is 16.8. The molecular weight excluding hydrogens is 345 g/mol. The summed E-state index contributed by atoms with van der Waals surface area (Å²) in [7, 11) is 0. The first-order valence-corrected chi connectivity index (χ1v) is 9.42. The number of aromatic nitrogens is 3. The zero-order valence-corrected chi connectivity index (χ0v) is 15.2. The SMILES string of the molecule is Cc1ccc(Cn2c(SCc3ccc(F)cc3)nc3cccnc32)cc1. The Morgan fingerprint density at radius 2 is 1.69 bits per heavy atom. The Labute approximate surface area is 155 Å². The zero-order chi connectivity index (χ0) is 17.9. The standard InChI is InChI=1S/C21H18FN3S/c1-15-4-6-16(7-5-15)13-25-20-19(3-2-12-23-20)24-21(25)26-14-17-8-10-18(22)11-9-17/h2-12H,13-14H2,1H3. The van der Waals surface area contributed by atoms with Gasteiger partial charge in [-0.1, -0.05) is 53.7 Å². The monoisotopic (exact) mass is 363 g/mol. The van der Waals surface area contributed by atoms with Crippen molar-refractivity contribution >= 4 is 22.9 Å². The molecule has 3 nitrogen and oxygen atoms in total. The Hall–Kier alpha value is -2.66. The van der Waals surface area contributed by atoms with Crippen LogP contribution < -0.4 is 0 Å². The summed E-state index contributed by atoms with van der Waals surface area (Å²) in [5.74, 6) is 0.520. The fourth-order valence-corrected chi connectivity index (χ4v) is 3.75. The van der Waals surface area contributed by atoms with E-state index >= 15 is 0 Å². The number of hydrogen-bond donors (Lipinski definition) is 0. The zero-order valence-electron chi connectivity index (χ0n) is 14.4. The van der Waals surface area contributed by atoms with Gasteiger partial charge in [-0.2, -0.15) is 0 Å². The molecule has 0 amide bonds. The maximum absolute atomic E-state index is 13.1. The van der Waals surface area contributed by atoms with Crippen molar-refractivity contribution in [3.63, 3.8) is 0 Å². The molecule has 0 saturated carbocycles. The Morgan fingerprint density at radius 1 is 0.962 bits per heavy atom. The second-order valence-corrected chi connectivity index (χ2v) is 7.17. The van der Waals surface area contributed by atoms with E-state index in [1.807, 2.05) is 24.3 Å². The Bertz CT molecular complexity index is 1020. The molecule has 0 spiro atoms. The van der Waals surface area contributed by atoms with Gasteiger partial charge >= 0.3 is 0 Å². The lowest BCUT2D eigenvalue weighted by atomic mass is 10.1. The van der Waals surface area contributed by atoms with E-state index in [1.165, 1.54) is 23.3 Å². The van der Waals surface area contributed by atoms with E-state index in [1.54, 1.807) is 18.0 Å². The number of imidazole rings is 1. The van der Waals surface area contributed by atoms with Crippen molar-refractivity contribution < 1.29 is 4.39 Å². The Kier molecular flexibility index (Phi) is 4.71. The van der Waals surface area contributed by atoms with E-state index in [2.05, 4.69) is 40.7 Å². The van der Waals surface area contributed by atoms with Crippen LogP contribution in [0.15, 0.2) is 72.0 Å². The van der Waals surface area contributed by atoms with Crippen LogP contribution in [0.4, 0.5) is 4.39 Å². The molecule has 0 saturated heterocycles. The molecule has 0 bridgehead atoms. The number of thioether (sulfide) groups is 1. The quantitative estimate of drug-likeness (QED) is 0.456. The third-order valence-electron chi connectivity index (χ3n) is 4.21. The van der Waals surface area contributed by atoms with Crippen molar-refractivity contribution in [2.24, 2.45) is 0 Å². The molecule has 2 heterocycles. The lowest BCUT2D eigenvalue weighted by molar-refractivity contribution is 0.627. The van der Waals surface area contributed by atoms with Crippen LogP contribution in [0.25, 0.3) is 11.2 Å². The first-order chi connectivity index (χ1) is 12.7. The summed E-state index contributed by atoms with van der Waals surface area (Å²) in [6, 6.07) is 19.0. The molecule has 130 valence electrons. The van der Waals surface area contributed by atoms with E-state index < -0.39 is 0 Å². The summed E-state index contributed by atoms with van der Waals surface area (Å²) < 4.78 is 15.2. The van der Waals surface area contributed by atoms with Gasteiger partial charge in [0.05, 0.1) is 6.54 Å². The van der Waals surface area contributed by atoms with Gasteiger partial charge in [-0.15, -0.1) is 0 Å². The molecule has 0 aliphatic carbocycles. The van der Waals surface area contributed by atoms with E-state index in [9.17, 15) is 4.39 Å². The molecule has 26 heavy (non-hydrogen) atoms. The number of pyridine rings is 1. The van der Waals surface area contributed by atoms with Crippen LogP contribution >= 0.6 is 11.8 Å². The van der Waals surface area contributed by atoms with Gasteiger partial charge in [-0.05, 0) is 42.3 Å². The van der Waals surface area contributed by atoms with Crippen molar-refractivity contribution in [3.8, 4) is 0 Å². The van der Waals surface area contributed by atoms with E-state index in [0.29, 0.717) is 0 Å². The van der Waals surface area contributed by atoms with Crippen molar-refractivity contribution in [1.82, 2.24) is 14.5 Å². The maximum atomic E-state index is 13.1. The van der Waals surface area contributed by atoms with Crippen LogP contribution in [0, 0.1) is 12.7 Å². The van der Waals surface area contributed by atoms with Gasteiger partial charge in [0.1, 0.15) is 11.3 Å². The third kappa shape index (κ3) is 3.63. The Morgan fingerprint density at radius 3 is 2.46 bits per heavy atom. The number of nitrogens with zero attached hydrogens (tertiary/aromatic N) is 3. The fourth-order valence-electron chi connectivity index (χ4n) is 2.79. The van der Waals surface area contributed by atoms with Crippen LogP contribution in [0.3, 0.4) is 0 Å². The molecule has 4 rings (SSSR count). The van der Waals surface area contributed by atoms with Crippen LogP contribution in [0.2, 0.25) is 0 Å². The van der Waals surface area contributed by atoms with Crippen molar-refractivity contribution in [2.75, 3.05) is 0 Å². The minimum absolute atomic E-state index is 0.213. The van der Waals surface area contributed by atoms with E-state index in [0.717, 1.165) is 34.2 Å². The van der Waals surface area contributed by atoms with Gasteiger partial charge < -0.3 is 0 Å². The van der Waals surface area contributed by atoms with Crippen LogP contribution in [0.1, 0.15) is 16.7 Å². The largest absolute Gasteiger partial charge is 0.299 e. The summed E-state index contributed by atoms with van der Waals surface area (Å²) in [4.78, 5) is 9.27. The molecule has 0 aliphatic heterocycles. The first-order valence-electron chi connectivity index (χ1n) is 8.43. The molecule has 4 aromatic rings. The highest BCUT2D eigenvalue weighted by Crippen LogP contribution is 2.27. The minimum atomic E-state index is -0.213. The molecule has 0 unspecified atom stereocenters. The predicted molar refractivity (Wildman–Crippen MR) is 104 cm³/mol. The molecule has 5 heteroatoms. The molecule has 0 atom stereocenters. The highest BCUT2D eigenvalue weighted by atomic mass is 32.2. The molecular formula is C21H18FN3S. The van der Waals surface area contributed by atoms with Crippen LogP contribution in [-0.2, 0) is 12.3 Å². The average Bonchev–Trinajstić information content (AvgIpc) is 3.01. The summed E-state index contributed by atoms with van der Waals surface area (Å²) in [5.41, 5.74) is 5.30. The van der Waals surface area contributed by atoms with E-state index in [-0.39, 0.29) is 5.82 Å².